The number of nitrogens with two attached hydrogens (primary N) is 1. The van der Waals surface area contributed by atoms with Gasteiger partial charge in [0.2, 0.25) is 6.43 Å². The summed E-state index contributed by atoms with van der Waals surface area (Å²) < 4.78 is 37.3. The van der Waals surface area contributed by atoms with Gasteiger partial charge in [0.05, 0.1) is 0 Å². The zero-order valence-corrected chi connectivity index (χ0v) is 9.99. The fraction of sp³-hybridized carbons (Fsp3) is 0.333. The topological polar surface area (TPSA) is 26.0 Å². The van der Waals surface area contributed by atoms with Crippen LogP contribution in [0.25, 0.3) is 0 Å². The number of benzene rings is 1. The lowest BCUT2D eigenvalue weighted by molar-refractivity contribution is 0.128. The molecule has 1 atom stereocenters. The first-order chi connectivity index (χ1) is 6.49. The summed E-state index contributed by atoms with van der Waals surface area (Å²) >= 11 is 3.06. The van der Waals surface area contributed by atoms with E-state index in [-0.39, 0.29) is 12.4 Å². The van der Waals surface area contributed by atoms with Crippen molar-refractivity contribution < 1.29 is 13.2 Å². The molecule has 86 valence electrons. The molecular weight excluding hydrogens is 294 g/mol. The van der Waals surface area contributed by atoms with Crippen molar-refractivity contribution in [2.24, 2.45) is 5.73 Å². The van der Waals surface area contributed by atoms with Crippen LogP contribution >= 0.6 is 28.3 Å². The van der Waals surface area contributed by atoms with Crippen LogP contribution in [0.1, 0.15) is 18.0 Å². The number of hydrogen-bond acceptors (Lipinski definition) is 1. The molecule has 1 aromatic carbocycles. The minimum Gasteiger partial charge on any atom is -0.324 e. The fourth-order valence-corrected chi connectivity index (χ4v) is 1.60. The third kappa shape index (κ3) is 4.86. The molecule has 2 N–H and O–H groups in total. The maximum atomic E-state index is 12.9. The van der Waals surface area contributed by atoms with Crippen LogP contribution in [0.2, 0.25) is 0 Å². The standard InChI is InChI=1S/C9H9BrF3N.ClH/c10-6-1-5(2-7(11)3-6)8(14)4-9(12)13;/h1-3,8-9H,4,14H2;1H/t8-;/m1./s1. The van der Waals surface area contributed by atoms with Crippen LogP contribution in [0, 0.1) is 5.82 Å². The van der Waals surface area contributed by atoms with Crippen LogP contribution in [0.5, 0.6) is 0 Å². The molecule has 0 amide bonds. The van der Waals surface area contributed by atoms with E-state index in [0.717, 1.165) is 6.07 Å². The second-order valence-electron chi connectivity index (χ2n) is 2.94. The van der Waals surface area contributed by atoms with E-state index in [1.807, 2.05) is 0 Å². The molecule has 1 rings (SSSR count). The smallest absolute Gasteiger partial charge is 0.240 e. The Morgan fingerprint density at radius 3 is 2.33 bits per heavy atom. The van der Waals surface area contributed by atoms with Gasteiger partial charge in [-0.05, 0) is 23.8 Å². The van der Waals surface area contributed by atoms with E-state index in [2.05, 4.69) is 15.9 Å². The van der Waals surface area contributed by atoms with Crippen LogP contribution in [-0.4, -0.2) is 6.43 Å². The molecule has 0 unspecified atom stereocenters. The van der Waals surface area contributed by atoms with E-state index in [4.69, 9.17) is 5.73 Å². The van der Waals surface area contributed by atoms with Gasteiger partial charge in [0.15, 0.2) is 0 Å². The van der Waals surface area contributed by atoms with E-state index in [1.54, 1.807) is 0 Å². The predicted octanol–water partition coefficient (Wildman–Crippen LogP) is 3.67. The Morgan fingerprint density at radius 1 is 1.27 bits per heavy atom. The minimum atomic E-state index is -2.48. The van der Waals surface area contributed by atoms with Gasteiger partial charge in [-0.2, -0.15) is 0 Å². The zero-order valence-electron chi connectivity index (χ0n) is 7.59. The average Bonchev–Trinajstić information content (AvgIpc) is 2.00. The summed E-state index contributed by atoms with van der Waals surface area (Å²) in [5.41, 5.74) is 5.84. The lowest BCUT2D eigenvalue weighted by Crippen LogP contribution is -2.14. The molecule has 0 aliphatic carbocycles. The van der Waals surface area contributed by atoms with Crippen LogP contribution in [-0.2, 0) is 0 Å². The third-order valence-corrected chi connectivity index (χ3v) is 2.20. The summed E-state index contributed by atoms with van der Waals surface area (Å²) in [6, 6.07) is 3.12. The van der Waals surface area contributed by atoms with Crippen molar-refractivity contribution in [2.75, 3.05) is 0 Å². The van der Waals surface area contributed by atoms with Crippen molar-refractivity contribution in [3.8, 4) is 0 Å². The second kappa shape index (κ2) is 6.35. The minimum absolute atomic E-state index is 0. The van der Waals surface area contributed by atoms with Gasteiger partial charge in [-0.1, -0.05) is 15.9 Å². The van der Waals surface area contributed by atoms with E-state index in [9.17, 15) is 13.2 Å². The van der Waals surface area contributed by atoms with Gasteiger partial charge in [-0.15, -0.1) is 12.4 Å². The molecule has 0 saturated carbocycles. The Kier molecular flexibility index (Phi) is 6.24. The molecule has 0 heterocycles. The van der Waals surface area contributed by atoms with E-state index < -0.39 is 24.7 Å². The highest BCUT2D eigenvalue weighted by Gasteiger charge is 2.13. The highest BCUT2D eigenvalue weighted by atomic mass is 79.9. The van der Waals surface area contributed by atoms with Crippen molar-refractivity contribution in [1.82, 2.24) is 0 Å². The van der Waals surface area contributed by atoms with Gasteiger partial charge in [0, 0.05) is 16.9 Å². The summed E-state index contributed by atoms with van der Waals surface area (Å²) in [6.45, 7) is 0. The zero-order chi connectivity index (χ0) is 10.7. The first-order valence-corrected chi connectivity index (χ1v) is 4.78. The second-order valence-corrected chi connectivity index (χ2v) is 3.85. The first-order valence-electron chi connectivity index (χ1n) is 3.98. The number of halogens is 5. The Hall–Kier alpha value is -0.260. The SMILES string of the molecule is Cl.N[C@H](CC(F)F)c1cc(F)cc(Br)c1. The molecule has 6 heteroatoms. The molecule has 0 bridgehead atoms. The monoisotopic (exact) mass is 303 g/mol. The molecular formula is C9H10BrClF3N. The molecule has 0 fully saturated rings. The van der Waals surface area contributed by atoms with E-state index in [0.29, 0.717) is 10.0 Å². The normalized spacial score (nSPS) is 12.4. The average molecular weight is 305 g/mol. The maximum Gasteiger partial charge on any atom is 0.240 e. The van der Waals surface area contributed by atoms with Crippen molar-refractivity contribution in [3.63, 3.8) is 0 Å². The predicted molar refractivity (Wildman–Crippen MR) is 58.9 cm³/mol. The molecule has 0 radical (unpaired) electrons. The molecule has 0 aromatic heterocycles. The fourth-order valence-electron chi connectivity index (χ4n) is 1.12. The lowest BCUT2D eigenvalue weighted by Gasteiger charge is -2.11. The van der Waals surface area contributed by atoms with Crippen LogP contribution in [0.15, 0.2) is 22.7 Å². The molecule has 0 saturated heterocycles. The highest BCUT2D eigenvalue weighted by molar-refractivity contribution is 9.10. The molecule has 1 nitrogen and oxygen atoms in total. The Labute approximate surface area is 100 Å². The summed E-state index contributed by atoms with van der Waals surface area (Å²) in [6.07, 6.45) is -2.94. The van der Waals surface area contributed by atoms with E-state index in [1.165, 1.54) is 12.1 Å². The Bertz CT molecular complexity index is 302. The van der Waals surface area contributed by atoms with Crippen molar-refractivity contribution in [3.05, 3.63) is 34.1 Å². The molecule has 0 spiro atoms. The van der Waals surface area contributed by atoms with Gasteiger partial charge in [0.25, 0.3) is 0 Å². The van der Waals surface area contributed by atoms with Gasteiger partial charge in [-0.3, -0.25) is 0 Å². The van der Waals surface area contributed by atoms with E-state index >= 15 is 0 Å². The summed E-state index contributed by atoms with van der Waals surface area (Å²) in [5, 5.41) is 0. The number of hydrogen-bond donors (Lipinski definition) is 1. The largest absolute Gasteiger partial charge is 0.324 e. The quantitative estimate of drug-likeness (QED) is 0.906. The van der Waals surface area contributed by atoms with Gasteiger partial charge < -0.3 is 5.73 Å². The summed E-state index contributed by atoms with van der Waals surface area (Å²) in [4.78, 5) is 0. The van der Waals surface area contributed by atoms with Crippen LogP contribution in [0.3, 0.4) is 0 Å². The van der Waals surface area contributed by atoms with Crippen molar-refractivity contribution in [2.45, 2.75) is 18.9 Å². The molecule has 0 aliphatic heterocycles. The third-order valence-electron chi connectivity index (χ3n) is 1.75. The van der Waals surface area contributed by atoms with Gasteiger partial charge in [-0.25, -0.2) is 13.2 Å². The van der Waals surface area contributed by atoms with Crippen molar-refractivity contribution in [1.29, 1.82) is 0 Å². The first kappa shape index (κ1) is 14.7. The van der Waals surface area contributed by atoms with Crippen LogP contribution in [0.4, 0.5) is 13.2 Å². The molecule has 0 aliphatic rings. The molecule has 15 heavy (non-hydrogen) atoms. The number of alkyl halides is 2. The highest BCUT2D eigenvalue weighted by Crippen LogP contribution is 2.22. The lowest BCUT2D eigenvalue weighted by atomic mass is 10.1. The van der Waals surface area contributed by atoms with Gasteiger partial charge in [0.1, 0.15) is 5.82 Å². The molecule has 1 aromatic rings. The van der Waals surface area contributed by atoms with Gasteiger partial charge >= 0.3 is 0 Å². The summed E-state index contributed by atoms with van der Waals surface area (Å²) in [7, 11) is 0. The number of rotatable bonds is 3. The summed E-state index contributed by atoms with van der Waals surface area (Å²) in [5.74, 6) is -0.487. The maximum absolute atomic E-state index is 12.9. The van der Waals surface area contributed by atoms with Crippen molar-refractivity contribution >= 4 is 28.3 Å². The van der Waals surface area contributed by atoms with Crippen LogP contribution < -0.4 is 5.73 Å². The Balaban J connectivity index is 0.00000196. The Morgan fingerprint density at radius 2 is 1.87 bits per heavy atom.